The number of hydrogen-bond donors (Lipinski definition) is 1. The Kier molecular flexibility index (Phi) is 4.20. The smallest absolute Gasteiger partial charge is 0.253 e. The van der Waals surface area contributed by atoms with Gasteiger partial charge in [-0.1, -0.05) is 34.1 Å². The molecule has 1 N–H and O–H groups in total. The van der Waals surface area contributed by atoms with Crippen LogP contribution in [0.2, 0.25) is 0 Å². The SMILES string of the molecule is CC(C)(CCBr)NC(=O)c1cccc2cccnc12. The minimum absolute atomic E-state index is 0.0738. The molecule has 0 aliphatic rings. The van der Waals surface area contributed by atoms with Gasteiger partial charge in [-0.25, -0.2) is 0 Å². The van der Waals surface area contributed by atoms with Crippen molar-refractivity contribution >= 4 is 32.7 Å². The third-order valence-electron chi connectivity index (χ3n) is 3.05. The molecule has 2 aromatic rings. The molecule has 100 valence electrons. The number of nitrogens with one attached hydrogen (secondary N) is 1. The first kappa shape index (κ1) is 14.0. The fourth-order valence-corrected chi connectivity index (χ4v) is 2.95. The Morgan fingerprint density at radius 1 is 1.32 bits per heavy atom. The molecule has 3 nitrogen and oxygen atoms in total. The molecule has 0 saturated heterocycles. The Labute approximate surface area is 121 Å². The van der Waals surface area contributed by atoms with Crippen molar-refractivity contribution in [1.29, 1.82) is 0 Å². The molecule has 0 spiro atoms. The molecule has 19 heavy (non-hydrogen) atoms. The van der Waals surface area contributed by atoms with Crippen molar-refractivity contribution in [3.63, 3.8) is 0 Å². The van der Waals surface area contributed by atoms with Crippen LogP contribution < -0.4 is 5.32 Å². The molecule has 0 saturated carbocycles. The van der Waals surface area contributed by atoms with Crippen molar-refractivity contribution in [2.75, 3.05) is 5.33 Å². The number of rotatable bonds is 4. The number of para-hydroxylation sites is 1. The van der Waals surface area contributed by atoms with Crippen LogP contribution in [-0.2, 0) is 0 Å². The summed E-state index contributed by atoms with van der Waals surface area (Å²) < 4.78 is 0. The van der Waals surface area contributed by atoms with Crippen LogP contribution in [0.15, 0.2) is 36.5 Å². The number of halogens is 1. The third-order valence-corrected chi connectivity index (χ3v) is 3.45. The highest BCUT2D eigenvalue weighted by atomic mass is 79.9. The van der Waals surface area contributed by atoms with Crippen LogP contribution >= 0.6 is 15.9 Å². The summed E-state index contributed by atoms with van der Waals surface area (Å²) in [7, 11) is 0. The number of nitrogens with zero attached hydrogens (tertiary/aromatic N) is 1. The first-order valence-electron chi connectivity index (χ1n) is 6.26. The van der Waals surface area contributed by atoms with E-state index >= 15 is 0 Å². The average Bonchev–Trinajstić information content (AvgIpc) is 2.37. The predicted octanol–water partition coefficient (Wildman–Crippen LogP) is 3.53. The van der Waals surface area contributed by atoms with Gasteiger partial charge in [0.2, 0.25) is 0 Å². The minimum Gasteiger partial charge on any atom is -0.347 e. The Morgan fingerprint density at radius 2 is 2.05 bits per heavy atom. The molecule has 0 radical (unpaired) electrons. The summed E-state index contributed by atoms with van der Waals surface area (Å²) in [6.45, 7) is 4.04. The lowest BCUT2D eigenvalue weighted by atomic mass is 10.0. The molecule has 0 fully saturated rings. The second-order valence-corrected chi connectivity index (χ2v) is 5.95. The van der Waals surface area contributed by atoms with E-state index in [2.05, 4.69) is 26.2 Å². The van der Waals surface area contributed by atoms with Crippen molar-refractivity contribution in [1.82, 2.24) is 10.3 Å². The molecule has 1 aromatic heterocycles. The summed E-state index contributed by atoms with van der Waals surface area (Å²) in [4.78, 5) is 16.7. The summed E-state index contributed by atoms with van der Waals surface area (Å²) in [5.74, 6) is -0.0738. The summed E-state index contributed by atoms with van der Waals surface area (Å²) in [6, 6.07) is 9.50. The van der Waals surface area contributed by atoms with E-state index < -0.39 is 0 Å². The van der Waals surface area contributed by atoms with Gasteiger partial charge in [0.25, 0.3) is 5.91 Å². The molecule has 2 rings (SSSR count). The van der Waals surface area contributed by atoms with Gasteiger partial charge in [0, 0.05) is 22.5 Å². The summed E-state index contributed by atoms with van der Waals surface area (Å²) in [6.07, 6.45) is 2.58. The topological polar surface area (TPSA) is 42.0 Å². The van der Waals surface area contributed by atoms with Crippen molar-refractivity contribution in [2.45, 2.75) is 25.8 Å². The van der Waals surface area contributed by atoms with Crippen LogP contribution in [0, 0.1) is 0 Å². The fourth-order valence-electron chi connectivity index (χ4n) is 1.96. The zero-order valence-corrected chi connectivity index (χ0v) is 12.7. The number of aromatic nitrogens is 1. The maximum absolute atomic E-state index is 12.4. The van der Waals surface area contributed by atoms with E-state index in [1.165, 1.54) is 0 Å². The molecule has 1 heterocycles. The van der Waals surface area contributed by atoms with Crippen molar-refractivity contribution in [2.24, 2.45) is 0 Å². The van der Waals surface area contributed by atoms with Gasteiger partial charge in [-0.3, -0.25) is 9.78 Å². The number of pyridine rings is 1. The number of benzene rings is 1. The average molecular weight is 321 g/mol. The molecule has 0 aliphatic carbocycles. The second-order valence-electron chi connectivity index (χ2n) is 5.16. The van der Waals surface area contributed by atoms with E-state index in [0.717, 1.165) is 22.7 Å². The standard InChI is InChI=1S/C15H17BrN2O/c1-15(2,8-9-16)18-14(19)12-7-3-5-11-6-4-10-17-13(11)12/h3-7,10H,8-9H2,1-2H3,(H,18,19). The predicted molar refractivity (Wildman–Crippen MR) is 81.7 cm³/mol. The van der Waals surface area contributed by atoms with Gasteiger partial charge in [-0.2, -0.15) is 0 Å². The van der Waals surface area contributed by atoms with E-state index in [9.17, 15) is 4.79 Å². The zero-order valence-electron chi connectivity index (χ0n) is 11.1. The van der Waals surface area contributed by atoms with Crippen LogP contribution in [0.5, 0.6) is 0 Å². The normalized spacial score (nSPS) is 11.5. The van der Waals surface area contributed by atoms with E-state index in [-0.39, 0.29) is 11.4 Å². The van der Waals surface area contributed by atoms with Gasteiger partial charge >= 0.3 is 0 Å². The molecule has 0 atom stereocenters. The molecule has 4 heteroatoms. The van der Waals surface area contributed by atoms with Crippen LogP contribution in [0.25, 0.3) is 10.9 Å². The van der Waals surface area contributed by atoms with Crippen LogP contribution in [0.3, 0.4) is 0 Å². The van der Waals surface area contributed by atoms with Crippen molar-refractivity contribution in [3.05, 3.63) is 42.1 Å². The Balaban J connectivity index is 2.32. The molecule has 0 unspecified atom stereocenters. The quantitative estimate of drug-likeness (QED) is 0.876. The van der Waals surface area contributed by atoms with Gasteiger partial charge in [0.1, 0.15) is 0 Å². The summed E-state index contributed by atoms with van der Waals surface area (Å²) in [5.41, 5.74) is 1.13. The first-order chi connectivity index (χ1) is 9.03. The summed E-state index contributed by atoms with van der Waals surface area (Å²) in [5, 5.41) is 4.89. The van der Waals surface area contributed by atoms with Gasteiger partial charge in [-0.05, 0) is 32.4 Å². The van der Waals surface area contributed by atoms with E-state index in [1.54, 1.807) is 6.20 Å². The number of carbonyl (C=O) groups is 1. The van der Waals surface area contributed by atoms with Crippen LogP contribution in [0.1, 0.15) is 30.6 Å². The molecular weight excluding hydrogens is 304 g/mol. The summed E-state index contributed by atoms with van der Waals surface area (Å²) >= 11 is 3.41. The molecule has 1 aromatic carbocycles. The monoisotopic (exact) mass is 320 g/mol. The highest BCUT2D eigenvalue weighted by Gasteiger charge is 2.21. The number of alkyl halides is 1. The molecular formula is C15H17BrN2O. The second kappa shape index (κ2) is 5.70. The number of amides is 1. The maximum Gasteiger partial charge on any atom is 0.253 e. The van der Waals surface area contributed by atoms with Crippen LogP contribution in [-0.4, -0.2) is 21.8 Å². The lowest BCUT2D eigenvalue weighted by Gasteiger charge is -2.25. The van der Waals surface area contributed by atoms with Gasteiger partial charge in [0.05, 0.1) is 11.1 Å². The van der Waals surface area contributed by atoms with E-state index in [1.807, 2.05) is 44.2 Å². The number of carbonyl (C=O) groups excluding carboxylic acids is 1. The Morgan fingerprint density at radius 3 is 2.79 bits per heavy atom. The maximum atomic E-state index is 12.4. The lowest BCUT2D eigenvalue weighted by molar-refractivity contribution is 0.0913. The van der Waals surface area contributed by atoms with E-state index in [0.29, 0.717) is 5.56 Å². The molecule has 1 amide bonds. The highest BCUT2D eigenvalue weighted by Crippen LogP contribution is 2.18. The van der Waals surface area contributed by atoms with Gasteiger partial charge in [0.15, 0.2) is 0 Å². The Hall–Kier alpha value is -1.42. The van der Waals surface area contributed by atoms with Gasteiger partial charge < -0.3 is 5.32 Å². The third kappa shape index (κ3) is 3.32. The number of hydrogen-bond acceptors (Lipinski definition) is 2. The van der Waals surface area contributed by atoms with E-state index in [4.69, 9.17) is 0 Å². The van der Waals surface area contributed by atoms with Crippen molar-refractivity contribution in [3.8, 4) is 0 Å². The van der Waals surface area contributed by atoms with Crippen LogP contribution in [0.4, 0.5) is 0 Å². The van der Waals surface area contributed by atoms with Gasteiger partial charge in [-0.15, -0.1) is 0 Å². The van der Waals surface area contributed by atoms with Crippen molar-refractivity contribution < 1.29 is 4.79 Å². The highest BCUT2D eigenvalue weighted by molar-refractivity contribution is 9.09. The largest absolute Gasteiger partial charge is 0.347 e. The number of fused-ring (bicyclic) bond motifs is 1. The zero-order chi connectivity index (χ0) is 13.9. The Bertz CT molecular complexity index is 590. The fraction of sp³-hybridized carbons (Fsp3) is 0.333. The molecule has 0 bridgehead atoms. The molecule has 0 aliphatic heterocycles. The lowest BCUT2D eigenvalue weighted by Crippen LogP contribution is -2.43. The minimum atomic E-state index is -0.239. The first-order valence-corrected chi connectivity index (χ1v) is 7.38.